The highest BCUT2D eigenvalue weighted by Crippen LogP contribution is 2.42. The molecule has 6 heteroatoms. The van der Waals surface area contributed by atoms with Gasteiger partial charge in [-0.05, 0) is 35.7 Å². The van der Waals surface area contributed by atoms with Crippen LogP contribution in [-0.4, -0.2) is 18.5 Å². The molecule has 0 spiro atoms. The zero-order valence-corrected chi connectivity index (χ0v) is 12.8. The van der Waals surface area contributed by atoms with Gasteiger partial charge in [0.15, 0.2) is 0 Å². The number of cyclic esters (lactones) is 1. The van der Waals surface area contributed by atoms with Crippen LogP contribution in [0.15, 0.2) is 53.0 Å². The van der Waals surface area contributed by atoms with Crippen LogP contribution >= 0.6 is 11.3 Å². The number of esters is 1. The molecule has 0 unspecified atom stereocenters. The van der Waals surface area contributed by atoms with Crippen LogP contribution in [0.25, 0.3) is 0 Å². The summed E-state index contributed by atoms with van der Waals surface area (Å²) in [5.41, 5.74) is 1.65. The molecule has 1 amide bonds. The third kappa shape index (κ3) is 2.26. The number of carbonyl (C=O) groups is 2. The highest BCUT2D eigenvalue weighted by Gasteiger charge is 2.43. The maximum absolute atomic E-state index is 13.1. The van der Waals surface area contributed by atoms with E-state index in [0.717, 1.165) is 4.88 Å². The Kier molecular flexibility index (Phi) is 3.27. The number of nitrogens with zero attached hydrogens (tertiary/aromatic N) is 1. The summed E-state index contributed by atoms with van der Waals surface area (Å²) >= 11 is 1.52. The van der Waals surface area contributed by atoms with Gasteiger partial charge in [0.1, 0.15) is 12.4 Å². The number of rotatable bonds is 2. The lowest BCUT2D eigenvalue weighted by Gasteiger charge is -2.31. The molecule has 2 aliphatic rings. The van der Waals surface area contributed by atoms with E-state index < -0.39 is 0 Å². The van der Waals surface area contributed by atoms with Crippen LogP contribution in [0.2, 0.25) is 0 Å². The largest absolute Gasteiger partial charge is 0.456 e. The molecule has 0 radical (unpaired) electrons. The van der Waals surface area contributed by atoms with Crippen molar-refractivity contribution in [3.05, 3.63) is 63.7 Å². The Morgan fingerprint density at radius 2 is 1.96 bits per heavy atom. The normalized spacial score (nSPS) is 20.7. The van der Waals surface area contributed by atoms with Gasteiger partial charge in [0, 0.05) is 22.9 Å². The van der Waals surface area contributed by atoms with E-state index in [0.29, 0.717) is 17.0 Å². The predicted molar refractivity (Wildman–Crippen MR) is 83.5 cm³/mol. The highest BCUT2D eigenvalue weighted by atomic mass is 32.1. The Morgan fingerprint density at radius 3 is 2.65 bits per heavy atom. The smallest absolute Gasteiger partial charge is 0.337 e. The molecule has 3 heterocycles. The van der Waals surface area contributed by atoms with Gasteiger partial charge in [0.05, 0.1) is 11.3 Å². The molecule has 4 rings (SSSR count). The molecular weight excluding hydrogens is 317 g/mol. The Balaban J connectivity index is 1.83. The average molecular weight is 329 g/mol. The summed E-state index contributed by atoms with van der Waals surface area (Å²) in [6.07, 6.45) is 0.200. The first-order chi connectivity index (χ1) is 11.1. The van der Waals surface area contributed by atoms with E-state index in [2.05, 4.69) is 0 Å². The molecule has 0 saturated carbocycles. The number of ether oxygens (including phenoxy) is 1. The molecule has 0 aliphatic carbocycles. The van der Waals surface area contributed by atoms with Gasteiger partial charge in [0.25, 0.3) is 0 Å². The van der Waals surface area contributed by atoms with Crippen molar-refractivity contribution in [1.29, 1.82) is 0 Å². The third-order valence-corrected chi connectivity index (χ3v) is 5.07. The first-order valence-electron chi connectivity index (χ1n) is 7.17. The fraction of sp³-hybridized carbons (Fsp3) is 0.176. The van der Waals surface area contributed by atoms with Crippen LogP contribution < -0.4 is 4.90 Å². The van der Waals surface area contributed by atoms with Gasteiger partial charge in [-0.3, -0.25) is 9.69 Å². The van der Waals surface area contributed by atoms with Gasteiger partial charge in [-0.15, -0.1) is 11.3 Å². The van der Waals surface area contributed by atoms with Gasteiger partial charge >= 0.3 is 5.97 Å². The van der Waals surface area contributed by atoms with Crippen molar-refractivity contribution < 1.29 is 18.7 Å². The van der Waals surface area contributed by atoms with Crippen molar-refractivity contribution in [2.45, 2.75) is 12.3 Å². The first kappa shape index (κ1) is 14.1. The second kappa shape index (κ2) is 5.31. The molecule has 0 saturated heterocycles. The SMILES string of the molecule is O=C1OCC2=C1[C@@H](c1cccs1)CC(=O)N2c1ccc(F)cc1. The molecule has 0 bridgehead atoms. The fourth-order valence-electron chi connectivity index (χ4n) is 3.08. The molecule has 1 atom stereocenters. The number of hydrogen-bond donors (Lipinski definition) is 0. The lowest BCUT2D eigenvalue weighted by Crippen LogP contribution is -2.37. The minimum absolute atomic E-state index is 0.0686. The van der Waals surface area contributed by atoms with E-state index in [1.165, 1.54) is 40.5 Å². The van der Waals surface area contributed by atoms with Crippen molar-refractivity contribution in [3.8, 4) is 0 Å². The molecule has 2 aromatic rings. The third-order valence-electron chi connectivity index (χ3n) is 4.09. The Morgan fingerprint density at radius 1 is 1.17 bits per heavy atom. The summed E-state index contributed by atoms with van der Waals surface area (Å²) in [5, 5.41) is 1.92. The van der Waals surface area contributed by atoms with E-state index in [4.69, 9.17) is 4.74 Å². The number of thiophene rings is 1. The minimum Gasteiger partial charge on any atom is -0.456 e. The van der Waals surface area contributed by atoms with Crippen molar-refractivity contribution in [2.75, 3.05) is 11.5 Å². The van der Waals surface area contributed by atoms with Crippen molar-refractivity contribution in [1.82, 2.24) is 0 Å². The monoisotopic (exact) mass is 329 g/mol. The van der Waals surface area contributed by atoms with Crippen molar-refractivity contribution in [3.63, 3.8) is 0 Å². The number of carbonyl (C=O) groups excluding carboxylic acids is 2. The second-order valence-corrected chi connectivity index (χ2v) is 6.39. The molecule has 2 aliphatic heterocycles. The summed E-state index contributed by atoms with van der Waals surface area (Å²) in [6, 6.07) is 9.49. The van der Waals surface area contributed by atoms with Crippen LogP contribution in [0.1, 0.15) is 17.2 Å². The molecule has 1 aromatic carbocycles. The Bertz CT molecular complexity index is 811. The average Bonchev–Trinajstić information content (AvgIpc) is 3.19. The first-order valence-corrected chi connectivity index (χ1v) is 8.05. The number of benzene rings is 1. The minimum atomic E-state index is -0.377. The number of halogens is 1. The maximum atomic E-state index is 13.1. The summed E-state index contributed by atoms with van der Waals surface area (Å²) < 4.78 is 18.3. The van der Waals surface area contributed by atoms with Crippen molar-refractivity contribution >= 4 is 28.9 Å². The van der Waals surface area contributed by atoms with E-state index in [-0.39, 0.29) is 36.6 Å². The zero-order valence-electron chi connectivity index (χ0n) is 12.0. The number of amides is 1. The Labute approximate surface area is 135 Å². The molecular formula is C17H12FNO3S. The quantitative estimate of drug-likeness (QED) is 0.795. The van der Waals surface area contributed by atoms with Crippen LogP contribution in [0.4, 0.5) is 10.1 Å². The molecule has 0 fully saturated rings. The molecule has 116 valence electrons. The fourth-order valence-corrected chi connectivity index (χ4v) is 3.91. The van der Waals surface area contributed by atoms with E-state index in [9.17, 15) is 14.0 Å². The summed E-state index contributed by atoms with van der Waals surface area (Å²) in [5.74, 6) is -1.13. The predicted octanol–water partition coefficient (Wildman–Crippen LogP) is 3.22. The van der Waals surface area contributed by atoms with Gasteiger partial charge in [-0.25, -0.2) is 9.18 Å². The van der Waals surface area contributed by atoms with Gasteiger partial charge < -0.3 is 4.74 Å². The van der Waals surface area contributed by atoms with Crippen LogP contribution in [0.5, 0.6) is 0 Å². The summed E-state index contributed by atoms with van der Waals surface area (Å²) in [6.45, 7) is 0.0686. The van der Waals surface area contributed by atoms with Crippen LogP contribution in [0.3, 0.4) is 0 Å². The van der Waals surface area contributed by atoms with Crippen LogP contribution in [-0.2, 0) is 14.3 Å². The Hall–Kier alpha value is -2.47. The summed E-state index contributed by atoms with van der Waals surface area (Å²) in [4.78, 5) is 27.3. The molecule has 1 aromatic heterocycles. The highest BCUT2D eigenvalue weighted by molar-refractivity contribution is 7.10. The van der Waals surface area contributed by atoms with E-state index in [1.54, 1.807) is 0 Å². The van der Waals surface area contributed by atoms with Gasteiger partial charge in [-0.2, -0.15) is 0 Å². The summed E-state index contributed by atoms with van der Waals surface area (Å²) in [7, 11) is 0. The standard InChI is InChI=1S/C17H12FNO3S/c18-10-3-5-11(6-4-10)19-13-9-22-17(21)16(13)12(8-15(19)20)14-2-1-7-23-14/h1-7,12H,8-9H2/t12-/m1/s1. The molecule has 4 nitrogen and oxygen atoms in total. The van der Waals surface area contributed by atoms with Gasteiger partial charge in [-0.1, -0.05) is 6.07 Å². The molecule has 23 heavy (non-hydrogen) atoms. The zero-order chi connectivity index (χ0) is 16.0. The van der Waals surface area contributed by atoms with Gasteiger partial charge in [0.2, 0.25) is 5.91 Å². The topological polar surface area (TPSA) is 46.6 Å². The van der Waals surface area contributed by atoms with Crippen LogP contribution in [0, 0.1) is 5.82 Å². The lowest BCUT2D eigenvalue weighted by molar-refractivity contribution is -0.136. The molecule has 0 N–H and O–H groups in total. The van der Waals surface area contributed by atoms with Crippen molar-refractivity contribution in [2.24, 2.45) is 0 Å². The second-order valence-electron chi connectivity index (χ2n) is 5.41. The maximum Gasteiger partial charge on any atom is 0.337 e. The lowest BCUT2D eigenvalue weighted by atomic mass is 9.88. The number of anilines is 1. The van der Waals surface area contributed by atoms with E-state index >= 15 is 0 Å². The number of hydrogen-bond acceptors (Lipinski definition) is 4. The van der Waals surface area contributed by atoms with E-state index in [1.807, 2.05) is 17.5 Å².